The predicted molar refractivity (Wildman–Crippen MR) is 113 cm³/mol. The number of benzene rings is 3. The Morgan fingerprint density at radius 3 is 2.32 bits per heavy atom. The Kier molecular flexibility index (Phi) is 4.47. The van der Waals surface area contributed by atoms with E-state index in [1.165, 1.54) is 5.69 Å². The zero-order chi connectivity index (χ0) is 18.8. The molecule has 0 aliphatic carbocycles. The summed E-state index contributed by atoms with van der Waals surface area (Å²) < 4.78 is 5.44. The van der Waals surface area contributed by atoms with Crippen LogP contribution in [0.2, 0.25) is 0 Å². The smallest absolute Gasteiger partial charge is 0.0972 e. The molecule has 5 rings (SSSR count). The lowest BCUT2D eigenvalue weighted by Crippen LogP contribution is -2.36. The van der Waals surface area contributed by atoms with Crippen molar-refractivity contribution in [3.63, 3.8) is 0 Å². The second kappa shape index (κ2) is 7.41. The first-order chi connectivity index (χ1) is 13.9. The van der Waals surface area contributed by atoms with E-state index in [2.05, 4.69) is 64.5 Å². The molecule has 3 aromatic carbocycles. The quantitative estimate of drug-likeness (QED) is 0.521. The van der Waals surface area contributed by atoms with Gasteiger partial charge < -0.3 is 9.64 Å². The summed E-state index contributed by atoms with van der Waals surface area (Å²) >= 11 is 0. The van der Waals surface area contributed by atoms with Crippen LogP contribution in [0, 0.1) is 0 Å². The van der Waals surface area contributed by atoms with Gasteiger partial charge in [0.2, 0.25) is 0 Å². The van der Waals surface area contributed by atoms with Gasteiger partial charge in [-0.2, -0.15) is 0 Å². The number of para-hydroxylation sites is 1. The molecule has 1 aliphatic rings. The molecule has 0 bridgehead atoms. The van der Waals surface area contributed by atoms with Gasteiger partial charge in [-0.15, -0.1) is 0 Å². The molecule has 4 aromatic rings. The Labute approximate surface area is 164 Å². The van der Waals surface area contributed by atoms with Crippen molar-refractivity contribution in [3.05, 3.63) is 79.0 Å². The molecule has 1 aliphatic heterocycles. The van der Waals surface area contributed by atoms with E-state index in [0.717, 1.165) is 59.7 Å². The van der Waals surface area contributed by atoms with E-state index in [0.29, 0.717) is 0 Å². The van der Waals surface area contributed by atoms with Crippen LogP contribution in [0.5, 0.6) is 0 Å². The van der Waals surface area contributed by atoms with Gasteiger partial charge in [0.15, 0.2) is 0 Å². The van der Waals surface area contributed by atoms with Crippen molar-refractivity contribution in [2.75, 3.05) is 31.2 Å². The molecule has 1 aromatic heterocycles. The van der Waals surface area contributed by atoms with E-state index in [-0.39, 0.29) is 0 Å². The highest BCUT2D eigenvalue weighted by atomic mass is 16.5. The second-order valence-electron chi connectivity index (χ2n) is 6.94. The molecule has 0 unspecified atom stereocenters. The fourth-order valence-corrected chi connectivity index (χ4v) is 3.69. The van der Waals surface area contributed by atoms with Crippen molar-refractivity contribution in [1.29, 1.82) is 0 Å². The van der Waals surface area contributed by atoms with Crippen molar-refractivity contribution >= 4 is 16.7 Å². The number of fused-ring (bicyclic) bond motifs is 1. The summed E-state index contributed by atoms with van der Waals surface area (Å²) in [4.78, 5) is 12.0. The summed E-state index contributed by atoms with van der Waals surface area (Å²) in [5, 5.41) is 0. The van der Waals surface area contributed by atoms with E-state index >= 15 is 0 Å². The van der Waals surface area contributed by atoms with Crippen LogP contribution in [0.4, 0.5) is 5.69 Å². The predicted octanol–water partition coefficient (Wildman–Crippen LogP) is 4.80. The lowest BCUT2D eigenvalue weighted by Gasteiger charge is -2.28. The Hall–Kier alpha value is -3.24. The Morgan fingerprint density at radius 1 is 0.750 bits per heavy atom. The Balaban J connectivity index is 1.52. The average Bonchev–Trinajstić information content (AvgIpc) is 2.79. The molecule has 4 nitrogen and oxygen atoms in total. The zero-order valence-corrected chi connectivity index (χ0v) is 15.6. The van der Waals surface area contributed by atoms with Crippen molar-refractivity contribution in [1.82, 2.24) is 9.97 Å². The highest BCUT2D eigenvalue weighted by Gasteiger charge is 2.12. The number of aromatic nitrogens is 2. The van der Waals surface area contributed by atoms with E-state index in [1.54, 1.807) is 0 Å². The van der Waals surface area contributed by atoms with Gasteiger partial charge in [0.05, 0.1) is 36.1 Å². The standard InChI is InChI=1S/C24H21N3O/c1-2-5-18(6-3-1)21-7-4-8-22-24(21)26-23(17-25-22)19-9-11-20(12-10-19)27-13-15-28-16-14-27/h1-12,17H,13-16H2. The van der Waals surface area contributed by atoms with Gasteiger partial charge in [-0.1, -0.05) is 54.6 Å². The molecule has 28 heavy (non-hydrogen) atoms. The molecule has 2 heterocycles. The molecule has 0 spiro atoms. The minimum absolute atomic E-state index is 0.792. The van der Waals surface area contributed by atoms with Crippen LogP contribution < -0.4 is 4.90 Å². The SMILES string of the molecule is c1ccc(-c2cccc3ncc(-c4ccc(N5CCOCC5)cc4)nc23)cc1. The molecule has 0 atom stereocenters. The molecule has 4 heteroatoms. The summed E-state index contributed by atoms with van der Waals surface area (Å²) in [6.07, 6.45) is 1.86. The van der Waals surface area contributed by atoms with Gasteiger partial charge in [-0.3, -0.25) is 4.98 Å². The minimum atomic E-state index is 0.792. The largest absolute Gasteiger partial charge is 0.378 e. The van der Waals surface area contributed by atoms with Gasteiger partial charge in [0.25, 0.3) is 0 Å². The van der Waals surface area contributed by atoms with Gasteiger partial charge in [-0.05, 0) is 23.8 Å². The van der Waals surface area contributed by atoms with Crippen LogP contribution in [-0.2, 0) is 4.74 Å². The van der Waals surface area contributed by atoms with Gasteiger partial charge in [0.1, 0.15) is 0 Å². The third-order valence-electron chi connectivity index (χ3n) is 5.20. The highest BCUT2D eigenvalue weighted by molar-refractivity contribution is 5.92. The fourth-order valence-electron chi connectivity index (χ4n) is 3.69. The monoisotopic (exact) mass is 367 g/mol. The summed E-state index contributed by atoms with van der Waals surface area (Å²) in [6.45, 7) is 3.46. The van der Waals surface area contributed by atoms with E-state index in [9.17, 15) is 0 Å². The van der Waals surface area contributed by atoms with Crippen LogP contribution >= 0.6 is 0 Å². The number of hydrogen-bond donors (Lipinski definition) is 0. The van der Waals surface area contributed by atoms with Gasteiger partial charge >= 0.3 is 0 Å². The first-order valence-electron chi connectivity index (χ1n) is 9.63. The maximum absolute atomic E-state index is 5.44. The highest BCUT2D eigenvalue weighted by Crippen LogP contribution is 2.29. The first kappa shape index (κ1) is 16.9. The van der Waals surface area contributed by atoms with E-state index < -0.39 is 0 Å². The average molecular weight is 367 g/mol. The van der Waals surface area contributed by atoms with E-state index in [4.69, 9.17) is 9.72 Å². The van der Waals surface area contributed by atoms with E-state index in [1.807, 2.05) is 24.4 Å². The molecular weight excluding hydrogens is 346 g/mol. The second-order valence-corrected chi connectivity index (χ2v) is 6.94. The molecule has 138 valence electrons. The maximum atomic E-state index is 5.44. The fraction of sp³-hybridized carbons (Fsp3) is 0.167. The van der Waals surface area contributed by atoms with Gasteiger partial charge in [-0.25, -0.2) is 4.98 Å². The molecule has 1 saturated heterocycles. The molecule has 0 N–H and O–H groups in total. The van der Waals surface area contributed by atoms with Crippen molar-refractivity contribution in [3.8, 4) is 22.4 Å². The topological polar surface area (TPSA) is 38.2 Å². The van der Waals surface area contributed by atoms with Crippen LogP contribution in [0.3, 0.4) is 0 Å². The first-order valence-corrected chi connectivity index (χ1v) is 9.63. The number of hydrogen-bond acceptors (Lipinski definition) is 4. The van der Waals surface area contributed by atoms with Crippen LogP contribution in [-0.4, -0.2) is 36.3 Å². The minimum Gasteiger partial charge on any atom is -0.378 e. The summed E-state index contributed by atoms with van der Waals surface area (Å²) in [5.74, 6) is 0. The zero-order valence-electron chi connectivity index (χ0n) is 15.6. The lowest BCUT2D eigenvalue weighted by atomic mass is 10.0. The number of rotatable bonds is 3. The third kappa shape index (κ3) is 3.23. The Bertz CT molecular complexity index is 1090. The van der Waals surface area contributed by atoms with Crippen molar-refractivity contribution in [2.24, 2.45) is 0 Å². The Morgan fingerprint density at radius 2 is 1.54 bits per heavy atom. The maximum Gasteiger partial charge on any atom is 0.0972 e. The van der Waals surface area contributed by atoms with Crippen LogP contribution in [0.25, 0.3) is 33.4 Å². The number of nitrogens with zero attached hydrogens (tertiary/aromatic N) is 3. The van der Waals surface area contributed by atoms with Crippen LogP contribution in [0.15, 0.2) is 79.0 Å². The number of anilines is 1. The third-order valence-corrected chi connectivity index (χ3v) is 5.20. The van der Waals surface area contributed by atoms with Crippen molar-refractivity contribution < 1.29 is 4.74 Å². The summed E-state index contributed by atoms with van der Waals surface area (Å²) in [7, 11) is 0. The summed E-state index contributed by atoms with van der Waals surface area (Å²) in [5.41, 5.74) is 7.31. The summed E-state index contributed by atoms with van der Waals surface area (Å²) in [6, 6.07) is 25.1. The molecular formula is C24H21N3O. The molecule has 0 radical (unpaired) electrons. The molecule has 0 saturated carbocycles. The molecule has 0 amide bonds. The lowest BCUT2D eigenvalue weighted by molar-refractivity contribution is 0.122. The molecule has 1 fully saturated rings. The van der Waals surface area contributed by atoms with Crippen LogP contribution in [0.1, 0.15) is 0 Å². The van der Waals surface area contributed by atoms with Crippen molar-refractivity contribution in [2.45, 2.75) is 0 Å². The number of morpholine rings is 1. The normalized spacial score (nSPS) is 14.4. The van der Waals surface area contributed by atoms with Gasteiger partial charge in [0, 0.05) is 29.9 Å². The number of ether oxygens (including phenoxy) is 1.